The second-order valence-corrected chi connectivity index (χ2v) is 5.13. The highest BCUT2D eigenvalue weighted by Crippen LogP contribution is 2.13. The highest BCUT2D eigenvalue weighted by Gasteiger charge is 2.15. The number of amides is 1. The summed E-state index contributed by atoms with van der Waals surface area (Å²) in [6, 6.07) is 0. The van der Waals surface area contributed by atoms with Gasteiger partial charge in [0.25, 0.3) is 0 Å². The van der Waals surface area contributed by atoms with E-state index in [1.54, 1.807) is 0 Å². The van der Waals surface area contributed by atoms with Gasteiger partial charge in [-0.3, -0.25) is 9.59 Å². The number of ether oxygens (including phenoxy) is 1. The van der Waals surface area contributed by atoms with E-state index in [1.807, 2.05) is 0 Å². The van der Waals surface area contributed by atoms with E-state index in [2.05, 4.69) is 15.4 Å². The highest BCUT2D eigenvalue weighted by atomic mass is 35.5. The van der Waals surface area contributed by atoms with Crippen molar-refractivity contribution in [3.8, 4) is 0 Å². The third-order valence-electron chi connectivity index (χ3n) is 3.55. The molecule has 1 rings (SSSR count). The molecular weight excluding hydrogens is 280 g/mol. The molecule has 1 unspecified atom stereocenters. The average molecular weight is 307 g/mol. The first-order valence-corrected chi connectivity index (χ1v) is 7.26. The molecule has 1 aliphatic rings. The Morgan fingerprint density at radius 1 is 1.25 bits per heavy atom. The van der Waals surface area contributed by atoms with Crippen LogP contribution in [0.25, 0.3) is 0 Å². The van der Waals surface area contributed by atoms with Gasteiger partial charge in [-0.25, -0.2) is 0 Å². The first-order valence-electron chi connectivity index (χ1n) is 7.26. The molecule has 0 saturated carbocycles. The average Bonchev–Trinajstić information content (AvgIpc) is 2.93. The van der Waals surface area contributed by atoms with E-state index in [0.717, 1.165) is 38.8 Å². The Bertz CT molecular complexity index is 282. The molecule has 0 aliphatic carbocycles. The Hall–Kier alpha value is -0.810. The third kappa shape index (κ3) is 9.15. The summed E-state index contributed by atoms with van der Waals surface area (Å²) in [6.45, 7) is 2.86. The number of hydrogen-bond donors (Lipinski definition) is 2. The van der Waals surface area contributed by atoms with Crippen molar-refractivity contribution >= 4 is 24.3 Å². The Morgan fingerprint density at radius 2 is 2.05 bits per heavy atom. The summed E-state index contributed by atoms with van der Waals surface area (Å²) >= 11 is 0. The van der Waals surface area contributed by atoms with Gasteiger partial charge in [-0.05, 0) is 44.7 Å². The fourth-order valence-electron chi connectivity index (χ4n) is 2.29. The number of carbonyl (C=O) groups is 2. The zero-order chi connectivity index (χ0) is 13.9. The molecule has 1 fully saturated rings. The predicted octanol–water partition coefficient (Wildman–Crippen LogP) is 1.65. The second-order valence-electron chi connectivity index (χ2n) is 5.13. The molecule has 0 aromatic rings. The topological polar surface area (TPSA) is 67.4 Å². The number of methoxy groups -OCH3 is 1. The number of hydrogen-bond acceptors (Lipinski definition) is 4. The molecule has 0 radical (unpaired) electrons. The van der Waals surface area contributed by atoms with Crippen LogP contribution < -0.4 is 10.6 Å². The van der Waals surface area contributed by atoms with Crippen LogP contribution in [0.3, 0.4) is 0 Å². The van der Waals surface area contributed by atoms with E-state index < -0.39 is 0 Å². The van der Waals surface area contributed by atoms with Crippen LogP contribution in [0.15, 0.2) is 0 Å². The predicted molar refractivity (Wildman–Crippen MR) is 81.0 cm³/mol. The van der Waals surface area contributed by atoms with E-state index in [1.165, 1.54) is 13.5 Å². The lowest BCUT2D eigenvalue weighted by atomic mass is 10.0. The van der Waals surface area contributed by atoms with Crippen LogP contribution in [-0.4, -0.2) is 38.6 Å². The molecule has 2 N–H and O–H groups in total. The van der Waals surface area contributed by atoms with Crippen molar-refractivity contribution in [3.05, 3.63) is 0 Å². The summed E-state index contributed by atoms with van der Waals surface area (Å²) in [5.74, 6) is 0.667. The maximum absolute atomic E-state index is 11.6. The van der Waals surface area contributed by atoms with Crippen LogP contribution in [0.4, 0.5) is 0 Å². The van der Waals surface area contributed by atoms with E-state index in [-0.39, 0.29) is 24.3 Å². The molecule has 0 bridgehead atoms. The van der Waals surface area contributed by atoms with Gasteiger partial charge in [0.15, 0.2) is 0 Å². The Labute approximate surface area is 127 Å². The summed E-state index contributed by atoms with van der Waals surface area (Å²) in [6.07, 6.45) is 5.99. The Kier molecular flexibility index (Phi) is 11.5. The summed E-state index contributed by atoms with van der Waals surface area (Å²) in [5, 5.41) is 6.24. The van der Waals surface area contributed by atoms with E-state index in [9.17, 15) is 9.59 Å². The van der Waals surface area contributed by atoms with Gasteiger partial charge in [-0.15, -0.1) is 12.4 Å². The van der Waals surface area contributed by atoms with Crippen molar-refractivity contribution < 1.29 is 14.3 Å². The first-order chi connectivity index (χ1) is 9.22. The molecule has 5 nitrogen and oxygen atoms in total. The molecule has 0 aromatic carbocycles. The SMILES string of the molecule is COC(=O)CCCCCNC(=O)CCC1CCNC1.Cl. The van der Waals surface area contributed by atoms with Gasteiger partial charge in [0, 0.05) is 19.4 Å². The number of halogens is 1. The molecule has 0 aromatic heterocycles. The zero-order valence-corrected chi connectivity index (χ0v) is 13.1. The maximum atomic E-state index is 11.6. The smallest absolute Gasteiger partial charge is 0.305 e. The van der Waals surface area contributed by atoms with Crippen molar-refractivity contribution in [1.29, 1.82) is 0 Å². The van der Waals surface area contributed by atoms with Crippen molar-refractivity contribution in [1.82, 2.24) is 10.6 Å². The molecule has 1 amide bonds. The molecule has 0 spiro atoms. The number of unbranched alkanes of at least 4 members (excludes halogenated alkanes) is 2. The fourth-order valence-corrected chi connectivity index (χ4v) is 2.29. The van der Waals surface area contributed by atoms with E-state index >= 15 is 0 Å². The lowest BCUT2D eigenvalue weighted by molar-refractivity contribution is -0.140. The first kappa shape index (κ1) is 19.2. The lowest BCUT2D eigenvalue weighted by Crippen LogP contribution is -2.25. The molecule has 20 heavy (non-hydrogen) atoms. The number of carbonyl (C=O) groups excluding carboxylic acids is 2. The standard InChI is InChI=1S/C14H26N2O3.ClH/c1-19-14(18)5-3-2-4-9-16-13(17)7-6-12-8-10-15-11-12;/h12,15H,2-11H2,1H3,(H,16,17);1H. The van der Waals surface area contributed by atoms with Gasteiger partial charge in [-0.1, -0.05) is 6.42 Å². The van der Waals surface area contributed by atoms with Crippen LogP contribution >= 0.6 is 12.4 Å². The third-order valence-corrected chi connectivity index (χ3v) is 3.55. The lowest BCUT2D eigenvalue weighted by Gasteiger charge is -2.08. The van der Waals surface area contributed by atoms with E-state index in [4.69, 9.17) is 0 Å². The molecule has 6 heteroatoms. The minimum atomic E-state index is -0.158. The van der Waals surface area contributed by atoms with Gasteiger partial charge >= 0.3 is 5.97 Å². The Morgan fingerprint density at radius 3 is 2.70 bits per heavy atom. The van der Waals surface area contributed by atoms with Crippen LogP contribution in [-0.2, 0) is 14.3 Å². The normalized spacial score (nSPS) is 17.4. The monoisotopic (exact) mass is 306 g/mol. The zero-order valence-electron chi connectivity index (χ0n) is 12.3. The van der Waals surface area contributed by atoms with Crippen molar-refractivity contribution in [3.63, 3.8) is 0 Å². The largest absolute Gasteiger partial charge is 0.469 e. The Balaban J connectivity index is 0.00000361. The molecule has 1 aliphatic heterocycles. The van der Waals surface area contributed by atoms with Crippen molar-refractivity contribution in [2.75, 3.05) is 26.7 Å². The van der Waals surface area contributed by atoms with Gasteiger partial charge in [0.05, 0.1) is 7.11 Å². The quantitative estimate of drug-likeness (QED) is 0.502. The van der Waals surface area contributed by atoms with Crippen molar-refractivity contribution in [2.45, 2.75) is 44.9 Å². The molecule has 1 saturated heterocycles. The second kappa shape index (κ2) is 12.0. The van der Waals surface area contributed by atoms with Gasteiger partial charge < -0.3 is 15.4 Å². The number of esters is 1. The van der Waals surface area contributed by atoms with Crippen LogP contribution in [0.1, 0.15) is 44.9 Å². The summed E-state index contributed by atoms with van der Waals surface area (Å²) < 4.78 is 4.56. The highest BCUT2D eigenvalue weighted by molar-refractivity contribution is 5.85. The van der Waals surface area contributed by atoms with E-state index in [0.29, 0.717) is 25.3 Å². The minimum Gasteiger partial charge on any atom is -0.469 e. The number of rotatable bonds is 9. The molecule has 1 heterocycles. The molecular formula is C14H27ClN2O3. The molecule has 1 atom stereocenters. The van der Waals surface area contributed by atoms with Gasteiger partial charge in [-0.2, -0.15) is 0 Å². The maximum Gasteiger partial charge on any atom is 0.305 e. The van der Waals surface area contributed by atoms with Gasteiger partial charge in [0.2, 0.25) is 5.91 Å². The van der Waals surface area contributed by atoms with Crippen LogP contribution in [0.2, 0.25) is 0 Å². The summed E-state index contributed by atoms with van der Waals surface area (Å²) in [4.78, 5) is 22.4. The summed E-state index contributed by atoms with van der Waals surface area (Å²) in [7, 11) is 1.41. The van der Waals surface area contributed by atoms with Gasteiger partial charge in [0.1, 0.15) is 0 Å². The minimum absolute atomic E-state index is 0. The van der Waals surface area contributed by atoms with Crippen LogP contribution in [0, 0.1) is 5.92 Å². The fraction of sp³-hybridized carbons (Fsp3) is 0.857. The van der Waals surface area contributed by atoms with Crippen molar-refractivity contribution in [2.24, 2.45) is 5.92 Å². The number of nitrogens with one attached hydrogen (secondary N) is 2. The molecule has 118 valence electrons. The summed E-state index contributed by atoms with van der Waals surface area (Å²) in [5.41, 5.74) is 0. The van der Waals surface area contributed by atoms with Crippen LogP contribution in [0.5, 0.6) is 0 Å².